The van der Waals surface area contributed by atoms with Gasteiger partial charge in [0, 0.05) is 6.54 Å². The van der Waals surface area contributed by atoms with Gasteiger partial charge in [0.2, 0.25) is 0 Å². The summed E-state index contributed by atoms with van der Waals surface area (Å²) in [4.78, 5) is 20.8. The molecule has 0 saturated heterocycles. The van der Waals surface area contributed by atoms with E-state index in [1.807, 2.05) is 0 Å². The largest absolute Gasteiger partial charge is 0.456 e. The summed E-state index contributed by atoms with van der Waals surface area (Å²) in [7, 11) is 0. The van der Waals surface area contributed by atoms with E-state index in [2.05, 4.69) is 4.74 Å². The average molecular weight is 293 g/mol. The summed E-state index contributed by atoms with van der Waals surface area (Å²) in [5.41, 5.74) is 5.25. The molecule has 0 amide bonds. The number of esters is 1. The van der Waals surface area contributed by atoms with Crippen molar-refractivity contribution in [3.63, 3.8) is 0 Å². The van der Waals surface area contributed by atoms with Crippen molar-refractivity contribution in [3.05, 3.63) is 0 Å². The molecule has 0 atom stereocenters. The van der Waals surface area contributed by atoms with E-state index < -0.39 is 5.97 Å². The molecule has 0 aliphatic carbocycles. The van der Waals surface area contributed by atoms with Crippen LogP contribution in [0.15, 0.2) is 0 Å². The first kappa shape index (κ1) is 18.9. The molecule has 8 heteroatoms. The van der Waals surface area contributed by atoms with Crippen LogP contribution in [0.4, 0.5) is 0 Å². The van der Waals surface area contributed by atoms with E-state index in [0.29, 0.717) is 52.5 Å². The van der Waals surface area contributed by atoms with Crippen LogP contribution < -0.4 is 5.73 Å². The van der Waals surface area contributed by atoms with Gasteiger partial charge in [0.15, 0.2) is 6.29 Å². The van der Waals surface area contributed by atoms with Gasteiger partial charge in [-0.3, -0.25) is 4.79 Å². The lowest BCUT2D eigenvalue weighted by Crippen LogP contribution is -2.17. The molecular formula is C12H23NO7. The van der Waals surface area contributed by atoms with Crippen LogP contribution in [0.25, 0.3) is 0 Å². The summed E-state index contributed by atoms with van der Waals surface area (Å²) >= 11 is 0. The highest BCUT2D eigenvalue weighted by atomic mass is 16.6. The topological polar surface area (TPSA) is 106 Å². The lowest BCUT2D eigenvalue weighted by atomic mass is 10.6. The fourth-order valence-corrected chi connectivity index (χ4v) is 1.07. The van der Waals surface area contributed by atoms with Crippen LogP contribution >= 0.6 is 0 Å². The molecule has 0 fully saturated rings. The first-order chi connectivity index (χ1) is 9.81. The van der Waals surface area contributed by atoms with Crippen molar-refractivity contribution >= 4 is 12.3 Å². The Morgan fingerprint density at radius 3 is 1.85 bits per heavy atom. The zero-order valence-electron chi connectivity index (χ0n) is 11.6. The second-order valence-electron chi connectivity index (χ2n) is 3.53. The van der Waals surface area contributed by atoms with Gasteiger partial charge in [-0.25, -0.2) is 4.79 Å². The second kappa shape index (κ2) is 16.0. The highest BCUT2D eigenvalue weighted by Gasteiger charge is 2.01. The number of aldehydes is 1. The Kier molecular flexibility index (Phi) is 15.1. The third kappa shape index (κ3) is 15.0. The van der Waals surface area contributed by atoms with Crippen molar-refractivity contribution in [2.75, 3.05) is 66.0 Å². The molecule has 0 saturated carbocycles. The molecule has 8 nitrogen and oxygen atoms in total. The van der Waals surface area contributed by atoms with Crippen molar-refractivity contribution in [1.82, 2.24) is 0 Å². The highest BCUT2D eigenvalue weighted by molar-refractivity contribution is 5.72. The molecule has 2 N–H and O–H groups in total. The van der Waals surface area contributed by atoms with Gasteiger partial charge in [0.05, 0.1) is 46.2 Å². The van der Waals surface area contributed by atoms with Crippen LogP contribution in [0.1, 0.15) is 0 Å². The van der Waals surface area contributed by atoms with Crippen LogP contribution in [-0.4, -0.2) is 78.3 Å². The number of carbonyl (C=O) groups is 2. The third-order valence-electron chi connectivity index (χ3n) is 1.91. The van der Waals surface area contributed by atoms with Crippen LogP contribution in [-0.2, 0) is 33.3 Å². The predicted molar refractivity (Wildman–Crippen MR) is 69.4 cm³/mol. The first-order valence-electron chi connectivity index (χ1n) is 6.41. The first-order valence-corrected chi connectivity index (χ1v) is 6.41. The molecule has 0 aromatic carbocycles. The molecule has 20 heavy (non-hydrogen) atoms. The van der Waals surface area contributed by atoms with E-state index in [1.165, 1.54) is 0 Å². The number of rotatable bonds is 15. The summed E-state index contributed by atoms with van der Waals surface area (Å²) in [6.07, 6.45) is 0.502. The van der Waals surface area contributed by atoms with Crippen molar-refractivity contribution in [2.24, 2.45) is 5.73 Å². The highest BCUT2D eigenvalue weighted by Crippen LogP contribution is 1.84. The standard InChI is InChI=1S/C12H23NO7/c13-1-3-16-5-6-17-7-8-18-9-10-19-11-12(15)20-4-2-14/h2H,1,3-11,13H2. The van der Waals surface area contributed by atoms with E-state index in [1.54, 1.807) is 0 Å². The fraction of sp³-hybridized carbons (Fsp3) is 0.833. The summed E-state index contributed by atoms with van der Waals surface area (Å²) in [5.74, 6) is -0.571. The van der Waals surface area contributed by atoms with Gasteiger partial charge in [0.1, 0.15) is 13.2 Å². The van der Waals surface area contributed by atoms with E-state index in [-0.39, 0.29) is 19.8 Å². The zero-order chi connectivity index (χ0) is 14.9. The molecule has 0 aliphatic heterocycles. The molecule has 0 radical (unpaired) electrons. The molecule has 0 spiro atoms. The summed E-state index contributed by atoms with van der Waals surface area (Å²) in [6, 6.07) is 0. The van der Waals surface area contributed by atoms with Crippen LogP contribution in [0.3, 0.4) is 0 Å². The number of hydrogen-bond donors (Lipinski definition) is 1. The Hall–Kier alpha value is -1.06. The minimum Gasteiger partial charge on any atom is -0.456 e. The molecular weight excluding hydrogens is 270 g/mol. The van der Waals surface area contributed by atoms with E-state index in [4.69, 9.17) is 24.7 Å². The zero-order valence-corrected chi connectivity index (χ0v) is 11.6. The maximum Gasteiger partial charge on any atom is 0.332 e. The minimum absolute atomic E-state index is 0.188. The number of ether oxygens (including phenoxy) is 5. The Balaban J connectivity index is 3.06. The Morgan fingerprint density at radius 2 is 1.35 bits per heavy atom. The Labute approximate surface area is 118 Å². The minimum atomic E-state index is -0.571. The summed E-state index contributed by atoms with van der Waals surface area (Å²) in [6.45, 7) is 3.16. The van der Waals surface area contributed by atoms with Gasteiger partial charge in [-0.2, -0.15) is 0 Å². The Morgan fingerprint density at radius 1 is 0.850 bits per heavy atom. The van der Waals surface area contributed by atoms with E-state index >= 15 is 0 Å². The lowest BCUT2D eigenvalue weighted by Gasteiger charge is -2.07. The molecule has 0 unspecified atom stereocenters. The fourth-order valence-electron chi connectivity index (χ4n) is 1.07. The molecule has 0 aromatic heterocycles. The van der Waals surface area contributed by atoms with Gasteiger partial charge in [-0.15, -0.1) is 0 Å². The summed E-state index contributed by atoms with van der Waals surface area (Å²) in [5, 5.41) is 0. The smallest absolute Gasteiger partial charge is 0.332 e. The normalized spacial score (nSPS) is 10.4. The number of carbonyl (C=O) groups excluding carboxylic acids is 2. The van der Waals surface area contributed by atoms with Gasteiger partial charge in [0.25, 0.3) is 0 Å². The number of nitrogens with two attached hydrogens (primary N) is 1. The van der Waals surface area contributed by atoms with Gasteiger partial charge < -0.3 is 29.4 Å². The van der Waals surface area contributed by atoms with Crippen molar-refractivity contribution in [3.8, 4) is 0 Å². The van der Waals surface area contributed by atoms with Gasteiger partial charge >= 0.3 is 5.97 Å². The van der Waals surface area contributed by atoms with Gasteiger partial charge in [-0.05, 0) is 0 Å². The van der Waals surface area contributed by atoms with Crippen molar-refractivity contribution in [1.29, 1.82) is 0 Å². The quantitative estimate of drug-likeness (QED) is 0.227. The molecule has 0 aromatic rings. The Bertz CT molecular complexity index is 238. The monoisotopic (exact) mass is 293 g/mol. The third-order valence-corrected chi connectivity index (χ3v) is 1.91. The maximum absolute atomic E-state index is 10.9. The van der Waals surface area contributed by atoms with Crippen LogP contribution in [0.2, 0.25) is 0 Å². The summed E-state index contributed by atoms with van der Waals surface area (Å²) < 4.78 is 25.0. The van der Waals surface area contributed by atoms with E-state index in [9.17, 15) is 9.59 Å². The van der Waals surface area contributed by atoms with E-state index in [0.717, 1.165) is 0 Å². The van der Waals surface area contributed by atoms with Crippen molar-refractivity contribution < 1.29 is 33.3 Å². The molecule has 0 rings (SSSR count). The van der Waals surface area contributed by atoms with Crippen LogP contribution in [0.5, 0.6) is 0 Å². The number of hydrogen-bond acceptors (Lipinski definition) is 8. The van der Waals surface area contributed by atoms with Crippen molar-refractivity contribution in [2.45, 2.75) is 0 Å². The average Bonchev–Trinajstić information content (AvgIpc) is 2.46. The lowest BCUT2D eigenvalue weighted by molar-refractivity contribution is -0.151. The second-order valence-corrected chi connectivity index (χ2v) is 3.53. The van der Waals surface area contributed by atoms with Gasteiger partial charge in [-0.1, -0.05) is 0 Å². The molecule has 0 heterocycles. The molecule has 0 aliphatic rings. The van der Waals surface area contributed by atoms with Crippen LogP contribution in [0, 0.1) is 0 Å². The SMILES string of the molecule is NCCOCCOCCOCCOCC(=O)OCC=O. The predicted octanol–water partition coefficient (Wildman–Crippen LogP) is -1.25. The maximum atomic E-state index is 10.9. The molecule has 118 valence electrons. The molecule has 0 bridgehead atoms.